The van der Waals surface area contributed by atoms with Crippen LogP contribution in [0.4, 0.5) is 0 Å². The Balaban J connectivity index is 2.35. The molecule has 1 rings (SSSR count). The number of methoxy groups -OCH3 is 1. The van der Waals surface area contributed by atoms with Gasteiger partial charge in [-0.1, -0.05) is 12.1 Å². The Morgan fingerprint density at radius 1 is 1.33 bits per heavy atom. The maximum atomic E-state index is 11.2. The van der Waals surface area contributed by atoms with Crippen LogP contribution in [0, 0.1) is 0 Å². The third kappa shape index (κ3) is 4.75. The molecule has 1 aromatic carbocycles. The van der Waals surface area contributed by atoms with Crippen molar-refractivity contribution in [2.45, 2.75) is 32.2 Å². The molecule has 18 heavy (non-hydrogen) atoms. The molecular weight excluding hydrogens is 230 g/mol. The van der Waals surface area contributed by atoms with Gasteiger partial charge in [0.15, 0.2) is 0 Å². The zero-order chi connectivity index (χ0) is 13.4. The summed E-state index contributed by atoms with van der Waals surface area (Å²) < 4.78 is 9.95. The first-order valence-corrected chi connectivity index (χ1v) is 6.22. The molecule has 1 aromatic rings. The van der Waals surface area contributed by atoms with Gasteiger partial charge in [-0.2, -0.15) is 0 Å². The number of hydrogen-bond acceptors (Lipinski definition) is 4. The highest BCUT2D eigenvalue weighted by Crippen LogP contribution is 2.20. The van der Waals surface area contributed by atoms with Gasteiger partial charge in [0.2, 0.25) is 0 Å². The number of hydrogen-bond donors (Lipinski definition) is 1. The number of carbonyl (C=O) groups is 1. The third-order valence-corrected chi connectivity index (χ3v) is 2.75. The van der Waals surface area contributed by atoms with Gasteiger partial charge in [-0.05, 0) is 37.5 Å². The Hall–Kier alpha value is -1.55. The minimum absolute atomic E-state index is 0.0506. The Labute approximate surface area is 108 Å². The Morgan fingerprint density at radius 3 is 2.56 bits per heavy atom. The minimum Gasteiger partial charge on any atom is -0.497 e. The van der Waals surface area contributed by atoms with Crippen LogP contribution in [0.3, 0.4) is 0 Å². The van der Waals surface area contributed by atoms with Crippen LogP contribution in [0.25, 0.3) is 0 Å². The van der Waals surface area contributed by atoms with Crippen molar-refractivity contribution in [1.29, 1.82) is 0 Å². The van der Waals surface area contributed by atoms with Crippen LogP contribution in [-0.2, 0) is 9.53 Å². The van der Waals surface area contributed by atoms with Crippen molar-refractivity contribution in [2.75, 3.05) is 13.7 Å². The van der Waals surface area contributed by atoms with E-state index in [4.69, 9.17) is 15.2 Å². The van der Waals surface area contributed by atoms with Gasteiger partial charge in [-0.25, -0.2) is 0 Å². The van der Waals surface area contributed by atoms with Crippen molar-refractivity contribution in [3.05, 3.63) is 29.8 Å². The van der Waals surface area contributed by atoms with Crippen LogP contribution >= 0.6 is 0 Å². The van der Waals surface area contributed by atoms with Crippen LogP contribution in [-0.4, -0.2) is 19.7 Å². The van der Waals surface area contributed by atoms with Crippen LogP contribution in [0.5, 0.6) is 5.75 Å². The number of rotatable bonds is 7. The van der Waals surface area contributed by atoms with E-state index < -0.39 is 0 Å². The molecule has 0 aliphatic rings. The molecule has 0 aliphatic carbocycles. The standard InChI is InChI=1S/C14H21NO3/c1-3-18-14(16)6-4-5-13(15)11-7-9-12(17-2)10-8-11/h7-10,13H,3-6,15H2,1-2H3. The first-order valence-electron chi connectivity index (χ1n) is 6.22. The topological polar surface area (TPSA) is 61.5 Å². The maximum absolute atomic E-state index is 11.2. The lowest BCUT2D eigenvalue weighted by Gasteiger charge is -2.12. The summed E-state index contributed by atoms with van der Waals surface area (Å²) >= 11 is 0. The molecule has 0 saturated carbocycles. The second kappa shape index (κ2) is 7.71. The van der Waals surface area contributed by atoms with Crippen molar-refractivity contribution < 1.29 is 14.3 Å². The average molecular weight is 251 g/mol. The predicted octanol–water partition coefficient (Wildman–Crippen LogP) is 2.43. The fraction of sp³-hybridized carbons (Fsp3) is 0.500. The van der Waals surface area contributed by atoms with Gasteiger partial charge in [0.25, 0.3) is 0 Å². The van der Waals surface area contributed by atoms with Crippen molar-refractivity contribution >= 4 is 5.97 Å². The minimum atomic E-state index is -0.153. The second-order valence-electron chi connectivity index (χ2n) is 4.08. The molecule has 100 valence electrons. The maximum Gasteiger partial charge on any atom is 0.305 e. The summed E-state index contributed by atoms with van der Waals surface area (Å²) in [6.07, 6.45) is 1.94. The normalized spacial score (nSPS) is 11.9. The largest absolute Gasteiger partial charge is 0.497 e. The summed E-state index contributed by atoms with van der Waals surface area (Å²) in [6, 6.07) is 7.63. The van der Waals surface area contributed by atoms with Gasteiger partial charge in [0.1, 0.15) is 5.75 Å². The quantitative estimate of drug-likeness (QED) is 0.756. The summed E-state index contributed by atoms with van der Waals surface area (Å²) in [7, 11) is 1.63. The van der Waals surface area contributed by atoms with Crippen molar-refractivity contribution in [3.63, 3.8) is 0 Å². The van der Waals surface area contributed by atoms with Crippen LogP contribution in [0.2, 0.25) is 0 Å². The highest BCUT2D eigenvalue weighted by atomic mass is 16.5. The van der Waals surface area contributed by atoms with Crippen LogP contribution in [0.15, 0.2) is 24.3 Å². The molecule has 0 amide bonds. The smallest absolute Gasteiger partial charge is 0.305 e. The molecule has 0 aromatic heterocycles. The molecule has 0 fully saturated rings. The molecule has 0 aliphatic heterocycles. The number of carbonyl (C=O) groups excluding carboxylic acids is 1. The van der Waals surface area contributed by atoms with E-state index in [-0.39, 0.29) is 12.0 Å². The van der Waals surface area contributed by atoms with Crippen molar-refractivity contribution in [3.8, 4) is 5.75 Å². The predicted molar refractivity (Wildman–Crippen MR) is 70.4 cm³/mol. The third-order valence-electron chi connectivity index (χ3n) is 2.75. The van der Waals surface area contributed by atoms with E-state index in [2.05, 4.69) is 0 Å². The number of benzene rings is 1. The van der Waals surface area contributed by atoms with Gasteiger partial charge in [-0.15, -0.1) is 0 Å². The molecule has 4 heteroatoms. The molecule has 2 N–H and O–H groups in total. The van der Waals surface area contributed by atoms with Crippen molar-refractivity contribution in [1.82, 2.24) is 0 Å². The first-order chi connectivity index (χ1) is 8.67. The monoisotopic (exact) mass is 251 g/mol. The molecular formula is C14H21NO3. The highest BCUT2D eigenvalue weighted by molar-refractivity contribution is 5.69. The molecule has 0 saturated heterocycles. The molecule has 0 heterocycles. The zero-order valence-corrected chi connectivity index (χ0v) is 11.0. The molecule has 0 radical (unpaired) electrons. The summed E-state index contributed by atoms with van der Waals surface area (Å²) in [5, 5.41) is 0. The molecule has 0 spiro atoms. The van der Waals surface area contributed by atoms with E-state index in [0.29, 0.717) is 13.0 Å². The Kier molecular flexibility index (Phi) is 6.22. The summed E-state index contributed by atoms with van der Waals surface area (Å²) in [4.78, 5) is 11.2. The average Bonchev–Trinajstić information content (AvgIpc) is 2.39. The van der Waals surface area contributed by atoms with E-state index in [9.17, 15) is 4.79 Å². The molecule has 4 nitrogen and oxygen atoms in total. The highest BCUT2D eigenvalue weighted by Gasteiger charge is 2.08. The van der Waals surface area contributed by atoms with E-state index in [0.717, 1.165) is 24.2 Å². The lowest BCUT2D eigenvalue weighted by molar-refractivity contribution is -0.143. The fourth-order valence-corrected chi connectivity index (χ4v) is 1.72. The van der Waals surface area contributed by atoms with Gasteiger partial charge in [0.05, 0.1) is 13.7 Å². The van der Waals surface area contributed by atoms with E-state index in [1.807, 2.05) is 24.3 Å². The molecule has 0 bridgehead atoms. The summed E-state index contributed by atoms with van der Waals surface area (Å²) in [6.45, 7) is 2.24. The Morgan fingerprint density at radius 2 is 2.00 bits per heavy atom. The van der Waals surface area contributed by atoms with Gasteiger partial charge in [0, 0.05) is 12.5 Å². The number of ether oxygens (including phenoxy) is 2. The fourth-order valence-electron chi connectivity index (χ4n) is 1.72. The first kappa shape index (κ1) is 14.5. The SMILES string of the molecule is CCOC(=O)CCCC(N)c1ccc(OC)cc1. The van der Waals surface area contributed by atoms with Gasteiger partial charge in [-0.3, -0.25) is 4.79 Å². The van der Waals surface area contributed by atoms with E-state index in [1.54, 1.807) is 14.0 Å². The zero-order valence-electron chi connectivity index (χ0n) is 11.0. The van der Waals surface area contributed by atoms with Crippen LogP contribution in [0.1, 0.15) is 37.8 Å². The summed E-state index contributed by atoms with van der Waals surface area (Å²) in [5.74, 6) is 0.664. The lowest BCUT2D eigenvalue weighted by atomic mass is 10.0. The number of nitrogens with two attached hydrogens (primary N) is 1. The van der Waals surface area contributed by atoms with Crippen LogP contribution < -0.4 is 10.5 Å². The molecule has 1 unspecified atom stereocenters. The van der Waals surface area contributed by atoms with Crippen molar-refractivity contribution in [2.24, 2.45) is 5.73 Å². The van der Waals surface area contributed by atoms with Gasteiger partial charge < -0.3 is 15.2 Å². The summed E-state index contributed by atoms with van der Waals surface area (Å²) in [5.41, 5.74) is 7.11. The number of esters is 1. The second-order valence-corrected chi connectivity index (χ2v) is 4.08. The van der Waals surface area contributed by atoms with E-state index in [1.165, 1.54) is 0 Å². The molecule has 1 atom stereocenters. The van der Waals surface area contributed by atoms with Gasteiger partial charge >= 0.3 is 5.97 Å². The van der Waals surface area contributed by atoms with E-state index >= 15 is 0 Å². The lowest BCUT2D eigenvalue weighted by Crippen LogP contribution is -2.11. The Bertz CT molecular complexity index is 362.